The Balaban J connectivity index is 2.05. The second-order valence-electron chi connectivity index (χ2n) is 7.10. The summed E-state index contributed by atoms with van der Waals surface area (Å²) < 4.78 is 6.01. The van der Waals surface area contributed by atoms with E-state index in [1.807, 2.05) is 0 Å². The molecule has 0 bridgehead atoms. The normalized spacial score (nSPS) is 17.5. The number of aryl methyl sites for hydroxylation is 2. The van der Waals surface area contributed by atoms with Crippen molar-refractivity contribution in [2.24, 2.45) is 5.92 Å². The number of hydrogen-bond acceptors (Lipinski definition) is 4. The minimum absolute atomic E-state index is 0.467. The highest BCUT2D eigenvalue weighted by atomic mass is 16.5. The summed E-state index contributed by atoms with van der Waals surface area (Å²) in [5, 5.41) is 14.1. The Hall–Kier alpha value is -1.10. The van der Waals surface area contributed by atoms with Gasteiger partial charge in [-0.15, -0.1) is 0 Å². The van der Waals surface area contributed by atoms with Gasteiger partial charge in [-0.25, -0.2) is 0 Å². The quantitative estimate of drug-likeness (QED) is 0.811. The van der Waals surface area contributed by atoms with Crippen LogP contribution in [0.1, 0.15) is 43.1 Å². The van der Waals surface area contributed by atoms with Crippen LogP contribution in [0.2, 0.25) is 0 Å². The predicted octanol–water partition coefficient (Wildman–Crippen LogP) is 2.67. The molecule has 0 amide bonds. The molecule has 0 spiro atoms. The first-order valence-corrected chi connectivity index (χ1v) is 8.82. The number of benzene rings is 1. The maximum absolute atomic E-state index is 10.7. The monoisotopic (exact) mass is 320 g/mol. The molecule has 0 radical (unpaired) electrons. The van der Waals surface area contributed by atoms with E-state index in [0.29, 0.717) is 12.5 Å². The molecule has 1 heterocycles. The Morgan fingerprint density at radius 3 is 2.57 bits per heavy atom. The summed E-state index contributed by atoms with van der Waals surface area (Å²) in [4.78, 5) is 2.41. The number of hydrogen-bond donors (Lipinski definition) is 2. The molecule has 0 aromatic heterocycles. The van der Waals surface area contributed by atoms with Crippen molar-refractivity contribution in [1.29, 1.82) is 0 Å². The molecule has 0 aliphatic carbocycles. The van der Waals surface area contributed by atoms with E-state index in [0.717, 1.165) is 56.0 Å². The zero-order valence-corrected chi connectivity index (χ0v) is 15.1. The van der Waals surface area contributed by atoms with Crippen molar-refractivity contribution in [1.82, 2.24) is 10.2 Å². The second kappa shape index (κ2) is 8.67. The Bertz CT molecular complexity index is 496. The highest BCUT2D eigenvalue weighted by molar-refractivity contribution is 5.45. The third-order valence-corrected chi connectivity index (χ3v) is 4.30. The maximum atomic E-state index is 10.7. The van der Waals surface area contributed by atoms with E-state index in [2.05, 4.69) is 50.0 Å². The lowest BCUT2D eigenvalue weighted by Gasteiger charge is -2.28. The van der Waals surface area contributed by atoms with Gasteiger partial charge in [-0.05, 0) is 37.8 Å². The van der Waals surface area contributed by atoms with E-state index in [9.17, 15) is 5.11 Å². The molecule has 2 N–H and O–H groups in total. The summed E-state index contributed by atoms with van der Waals surface area (Å²) in [5.74, 6) is 1.35. The molecule has 23 heavy (non-hydrogen) atoms. The maximum Gasteiger partial charge on any atom is 0.128 e. The first-order valence-electron chi connectivity index (χ1n) is 8.82. The molecule has 1 unspecified atom stereocenters. The van der Waals surface area contributed by atoms with Gasteiger partial charge in [0.15, 0.2) is 0 Å². The van der Waals surface area contributed by atoms with Gasteiger partial charge in [0, 0.05) is 38.3 Å². The van der Waals surface area contributed by atoms with Gasteiger partial charge < -0.3 is 20.1 Å². The lowest BCUT2D eigenvalue weighted by molar-refractivity contribution is 0.132. The van der Waals surface area contributed by atoms with Crippen LogP contribution in [0, 0.1) is 19.8 Å². The van der Waals surface area contributed by atoms with Crippen LogP contribution in [0.15, 0.2) is 12.1 Å². The third kappa shape index (κ3) is 5.48. The van der Waals surface area contributed by atoms with Crippen LogP contribution in [0.4, 0.5) is 0 Å². The van der Waals surface area contributed by atoms with Crippen molar-refractivity contribution in [2.75, 3.05) is 39.3 Å². The van der Waals surface area contributed by atoms with Crippen LogP contribution in [-0.4, -0.2) is 49.3 Å². The number of aliphatic hydroxyl groups is 1. The van der Waals surface area contributed by atoms with Gasteiger partial charge in [0.1, 0.15) is 5.75 Å². The SMILES string of the molecule is Cc1cc(C)c(OCC(C)C)c(C(O)CCN2CCNCC2)c1. The molecule has 1 aliphatic rings. The van der Waals surface area contributed by atoms with Crippen molar-refractivity contribution in [3.63, 3.8) is 0 Å². The van der Waals surface area contributed by atoms with E-state index in [1.54, 1.807) is 0 Å². The average Bonchev–Trinajstić information content (AvgIpc) is 2.52. The van der Waals surface area contributed by atoms with E-state index in [-0.39, 0.29) is 0 Å². The molecular formula is C19H32N2O2. The van der Waals surface area contributed by atoms with Gasteiger partial charge in [-0.3, -0.25) is 0 Å². The van der Waals surface area contributed by atoms with Crippen LogP contribution >= 0.6 is 0 Å². The second-order valence-corrected chi connectivity index (χ2v) is 7.10. The standard InChI is InChI=1S/C19H32N2O2/c1-14(2)13-23-19-16(4)11-15(3)12-17(19)18(22)5-8-21-9-6-20-7-10-21/h11-12,14,18,20,22H,5-10,13H2,1-4H3. The third-order valence-electron chi connectivity index (χ3n) is 4.30. The smallest absolute Gasteiger partial charge is 0.128 e. The van der Waals surface area contributed by atoms with Crippen LogP contribution in [-0.2, 0) is 0 Å². The molecule has 4 heteroatoms. The molecule has 1 fully saturated rings. The minimum Gasteiger partial charge on any atom is -0.493 e. The minimum atomic E-state index is -0.467. The van der Waals surface area contributed by atoms with Gasteiger partial charge in [0.2, 0.25) is 0 Å². The molecule has 1 aromatic carbocycles. The van der Waals surface area contributed by atoms with Gasteiger partial charge in [0.25, 0.3) is 0 Å². The van der Waals surface area contributed by atoms with E-state index >= 15 is 0 Å². The number of ether oxygens (including phenoxy) is 1. The Labute approximate surface area is 140 Å². The van der Waals surface area contributed by atoms with E-state index < -0.39 is 6.10 Å². The van der Waals surface area contributed by atoms with E-state index in [1.165, 1.54) is 5.56 Å². The summed E-state index contributed by atoms with van der Waals surface area (Å²) in [6.45, 7) is 14.3. The van der Waals surface area contributed by atoms with Crippen molar-refractivity contribution in [3.05, 3.63) is 28.8 Å². The zero-order valence-electron chi connectivity index (χ0n) is 15.1. The summed E-state index contributed by atoms with van der Waals surface area (Å²) in [6.07, 6.45) is 0.284. The van der Waals surface area contributed by atoms with Gasteiger partial charge in [0.05, 0.1) is 12.7 Å². The molecule has 1 aliphatic heterocycles. The summed E-state index contributed by atoms with van der Waals surface area (Å²) in [5.41, 5.74) is 3.23. The summed E-state index contributed by atoms with van der Waals surface area (Å²) in [6, 6.07) is 4.20. The lowest BCUT2D eigenvalue weighted by atomic mass is 9.99. The summed E-state index contributed by atoms with van der Waals surface area (Å²) >= 11 is 0. The predicted molar refractivity (Wildman–Crippen MR) is 95.1 cm³/mol. The first kappa shape index (κ1) is 18.2. The number of nitrogens with zero attached hydrogens (tertiary/aromatic N) is 1. The Kier molecular flexibility index (Phi) is 6.88. The van der Waals surface area contributed by atoms with Crippen molar-refractivity contribution in [2.45, 2.75) is 40.2 Å². The largest absolute Gasteiger partial charge is 0.493 e. The lowest BCUT2D eigenvalue weighted by Crippen LogP contribution is -2.44. The Morgan fingerprint density at radius 2 is 1.91 bits per heavy atom. The fourth-order valence-electron chi connectivity index (χ4n) is 3.08. The average molecular weight is 320 g/mol. The highest BCUT2D eigenvalue weighted by Gasteiger charge is 2.19. The number of nitrogens with one attached hydrogen (secondary N) is 1. The number of piperazine rings is 1. The number of aliphatic hydroxyl groups excluding tert-OH is 1. The molecule has 0 saturated carbocycles. The number of rotatable bonds is 7. The van der Waals surface area contributed by atoms with Crippen molar-refractivity contribution in [3.8, 4) is 5.75 Å². The van der Waals surface area contributed by atoms with Gasteiger partial charge in [-0.2, -0.15) is 0 Å². The highest BCUT2D eigenvalue weighted by Crippen LogP contribution is 2.32. The fourth-order valence-corrected chi connectivity index (χ4v) is 3.08. The van der Waals surface area contributed by atoms with Crippen molar-refractivity contribution < 1.29 is 9.84 Å². The van der Waals surface area contributed by atoms with Crippen molar-refractivity contribution >= 4 is 0 Å². The van der Waals surface area contributed by atoms with Gasteiger partial charge in [-0.1, -0.05) is 25.5 Å². The van der Waals surface area contributed by atoms with Crippen LogP contribution in [0.25, 0.3) is 0 Å². The molecular weight excluding hydrogens is 288 g/mol. The summed E-state index contributed by atoms with van der Waals surface area (Å²) in [7, 11) is 0. The topological polar surface area (TPSA) is 44.7 Å². The molecule has 1 atom stereocenters. The first-order chi connectivity index (χ1) is 11.0. The van der Waals surface area contributed by atoms with Crippen LogP contribution in [0.3, 0.4) is 0 Å². The molecule has 1 aromatic rings. The zero-order chi connectivity index (χ0) is 16.8. The van der Waals surface area contributed by atoms with Crippen LogP contribution in [0.5, 0.6) is 5.75 Å². The molecule has 1 saturated heterocycles. The Morgan fingerprint density at radius 1 is 1.22 bits per heavy atom. The fraction of sp³-hybridized carbons (Fsp3) is 0.684. The molecule has 4 nitrogen and oxygen atoms in total. The van der Waals surface area contributed by atoms with Gasteiger partial charge >= 0.3 is 0 Å². The van der Waals surface area contributed by atoms with Crippen LogP contribution < -0.4 is 10.1 Å². The van der Waals surface area contributed by atoms with E-state index in [4.69, 9.17) is 4.74 Å². The molecule has 130 valence electrons. The molecule has 2 rings (SSSR count).